The Morgan fingerprint density at radius 2 is 2.00 bits per heavy atom. The molecule has 0 saturated carbocycles. The summed E-state index contributed by atoms with van der Waals surface area (Å²) < 4.78 is 13.0. The van der Waals surface area contributed by atoms with Gasteiger partial charge in [-0.25, -0.2) is 9.18 Å². The second-order valence-electron chi connectivity index (χ2n) is 3.76. The van der Waals surface area contributed by atoms with Crippen LogP contribution >= 0.6 is 0 Å². The summed E-state index contributed by atoms with van der Waals surface area (Å²) in [6, 6.07) is 1.57. The van der Waals surface area contributed by atoms with Gasteiger partial charge in [-0.3, -0.25) is 9.59 Å². The number of nitrogens with two attached hydrogens (primary N) is 2. The Labute approximate surface area is 107 Å². The van der Waals surface area contributed by atoms with E-state index in [-0.39, 0.29) is 11.3 Å². The van der Waals surface area contributed by atoms with Crippen LogP contribution in [0, 0.1) is 5.82 Å². The molecule has 8 heteroatoms. The maximum Gasteiger partial charge on any atom is 0.337 e. The lowest BCUT2D eigenvalue weighted by Gasteiger charge is -2.12. The van der Waals surface area contributed by atoms with E-state index in [9.17, 15) is 18.8 Å². The number of carboxylic acid groups (broad SMARTS) is 1. The number of carboxylic acids is 1. The second-order valence-corrected chi connectivity index (χ2v) is 3.76. The molecule has 0 radical (unpaired) electrons. The molecule has 0 aliphatic carbocycles. The molecule has 7 nitrogen and oxygen atoms in total. The Morgan fingerprint density at radius 3 is 2.53 bits per heavy atom. The van der Waals surface area contributed by atoms with Crippen LogP contribution in [-0.4, -0.2) is 28.9 Å². The van der Waals surface area contributed by atoms with Crippen molar-refractivity contribution in [1.82, 2.24) is 0 Å². The Morgan fingerprint density at radius 1 is 1.37 bits per heavy atom. The minimum Gasteiger partial charge on any atom is -0.478 e. The fourth-order valence-electron chi connectivity index (χ4n) is 1.34. The highest BCUT2D eigenvalue weighted by Gasteiger charge is 2.19. The molecule has 0 bridgehead atoms. The summed E-state index contributed by atoms with van der Waals surface area (Å²) in [5.74, 6) is -3.66. The van der Waals surface area contributed by atoms with E-state index in [1.165, 1.54) is 0 Å². The topological polar surface area (TPSA) is 136 Å². The van der Waals surface area contributed by atoms with Crippen LogP contribution in [0.25, 0.3) is 0 Å². The second kappa shape index (κ2) is 5.91. The normalized spacial score (nSPS) is 11.7. The first kappa shape index (κ1) is 14.6. The summed E-state index contributed by atoms with van der Waals surface area (Å²) in [7, 11) is 0. The smallest absolute Gasteiger partial charge is 0.337 e. The van der Waals surface area contributed by atoms with Gasteiger partial charge >= 0.3 is 5.97 Å². The third kappa shape index (κ3) is 4.03. The number of benzene rings is 1. The molecular formula is C11H12FN3O4. The third-order valence-electron chi connectivity index (χ3n) is 2.23. The average molecular weight is 269 g/mol. The predicted molar refractivity (Wildman–Crippen MR) is 63.8 cm³/mol. The Balaban J connectivity index is 2.92. The lowest BCUT2D eigenvalue weighted by Crippen LogP contribution is -2.39. The van der Waals surface area contributed by atoms with Crippen LogP contribution in [0.3, 0.4) is 0 Å². The number of hydrogen-bond acceptors (Lipinski definition) is 4. The van der Waals surface area contributed by atoms with Crippen molar-refractivity contribution in [3.05, 3.63) is 29.6 Å². The van der Waals surface area contributed by atoms with E-state index in [1.807, 2.05) is 0 Å². The standard InChI is InChI=1S/C11H12FN3O4/c12-5-1-2-6(11(18)19)8(3-5)15-10(17)7(13)4-9(14)16/h1-3,7H,4,13H2,(H2,14,16)(H,15,17)(H,18,19). The molecule has 102 valence electrons. The monoisotopic (exact) mass is 269 g/mol. The first-order valence-electron chi connectivity index (χ1n) is 5.19. The number of anilines is 1. The van der Waals surface area contributed by atoms with Crippen molar-refractivity contribution in [2.24, 2.45) is 11.5 Å². The summed E-state index contributed by atoms with van der Waals surface area (Å²) >= 11 is 0. The predicted octanol–water partition coefficient (Wildman–Crippen LogP) is -0.335. The molecule has 1 aromatic carbocycles. The fourth-order valence-corrected chi connectivity index (χ4v) is 1.34. The highest BCUT2D eigenvalue weighted by Crippen LogP contribution is 2.17. The number of carbonyl (C=O) groups is 3. The van der Waals surface area contributed by atoms with Crippen LogP contribution in [-0.2, 0) is 9.59 Å². The van der Waals surface area contributed by atoms with Crippen molar-refractivity contribution in [2.45, 2.75) is 12.5 Å². The van der Waals surface area contributed by atoms with E-state index in [1.54, 1.807) is 0 Å². The van der Waals surface area contributed by atoms with Gasteiger partial charge in [0.05, 0.1) is 23.7 Å². The highest BCUT2D eigenvalue weighted by molar-refractivity contribution is 6.03. The van der Waals surface area contributed by atoms with E-state index in [4.69, 9.17) is 16.6 Å². The largest absolute Gasteiger partial charge is 0.478 e. The Bertz CT molecular complexity index is 533. The molecule has 2 amide bonds. The molecule has 0 saturated heterocycles. The molecule has 1 aromatic rings. The quantitative estimate of drug-likeness (QED) is 0.580. The van der Waals surface area contributed by atoms with Crippen LogP contribution in [0.4, 0.5) is 10.1 Å². The average Bonchev–Trinajstić information content (AvgIpc) is 2.27. The van der Waals surface area contributed by atoms with Gasteiger partial charge in [-0.1, -0.05) is 0 Å². The van der Waals surface area contributed by atoms with Crippen molar-refractivity contribution in [2.75, 3.05) is 5.32 Å². The number of aromatic carboxylic acids is 1. The molecule has 1 atom stereocenters. The van der Waals surface area contributed by atoms with Gasteiger partial charge in [0.25, 0.3) is 0 Å². The molecule has 0 fully saturated rings. The van der Waals surface area contributed by atoms with Crippen molar-refractivity contribution in [3.8, 4) is 0 Å². The molecule has 0 aliphatic heterocycles. The zero-order chi connectivity index (χ0) is 14.6. The minimum atomic E-state index is -1.33. The zero-order valence-corrected chi connectivity index (χ0v) is 9.72. The van der Waals surface area contributed by atoms with Gasteiger partial charge in [0.15, 0.2) is 0 Å². The molecular weight excluding hydrogens is 257 g/mol. The summed E-state index contributed by atoms with van der Waals surface area (Å²) in [5.41, 5.74) is 9.72. The van der Waals surface area contributed by atoms with E-state index in [0.29, 0.717) is 0 Å². The number of hydrogen-bond donors (Lipinski definition) is 4. The maximum absolute atomic E-state index is 13.0. The van der Waals surface area contributed by atoms with Gasteiger partial charge in [-0.15, -0.1) is 0 Å². The first-order valence-corrected chi connectivity index (χ1v) is 5.19. The summed E-state index contributed by atoms with van der Waals surface area (Å²) in [6.07, 6.45) is -0.399. The fraction of sp³-hybridized carbons (Fsp3) is 0.182. The molecule has 0 aliphatic rings. The number of nitrogens with one attached hydrogen (secondary N) is 1. The van der Waals surface area contributed by atoms with Crippen LogP contribution in [0.15, 0.2) is 18.2 Å². The number of amides is 2. The first-order chi connectivity index (χ1) is 8.81. The summed E-state index contributed by atoms with van der Waals surface area (Å²) in [6.45, 7) is 0. The molecule has 19 heavy (non-hydrogen) atoms. The van der Waals surface area contributed by atoms with E-state index in [2.05, 4.69) is 5.32 Å². The van der Waals surface area contributed by atoms with Gasteiger partial charge in [0.1, 0.15) is 5.82 Å². The molecule has 0 spiro atoms. The van der Waals surface area contributed by atoms with Crippen molar-refractivity contribution >= 4 is 23.5 Å². The maximum atomic E-state index is 13.0. The molecule has 1 rings (SSSR count). The van der Waals surface area contributed by atoms with E-state index >= 15 is 0 Å². The van der Waals surface area contributed by atoms with E-state index in [0.717, 1.165) is 18.2 Å². The molecule has 1 unspecified atom stereocenters. The lowest BCUT2D eigenvalue weighted by molar-refractivity contribution is -0.123. The van der Waals surface area contributed by atoms with Gasteiger partial charge in [-0.2, -0.15) is 0 Å². The van der Waals surface area contributed by atoms with E-state index < -0.39 is 36.1 Å². The van der Waals surface area contributed by atoms with Crippen molar-refractivity contribution < 1.29 is 23.9 Å². The van der Waals surface area contributed by atoms with Crippen LogP contribution in [0.1, 0.15) is 16.8 Å². The van der Waals surface area contributed by atoms with Gasteiger partial charge in [0.2, 0.25) is 11.8 Å². The number of rotatable bonds is 5. The van der Waals surface area contributed by atoms with Crippen LogP contribution in [0.5, 0.6) is 0 Å². The number of primary amides is 1. The number of halogens is 1. The van der Waals surface area contributed by atoms with Gasteiger partial charge < -0.3 is 21.9 Å². The van der Waals surface area contributed by atoms with Crippen LogP contribution < -0.4 is 16.8 Å². The molecule has 0 aromatic heterocycles. The minimum absolute atomic E-state index is 0.238. The highest BCUT2D eigenvalue weighted by atomic mass is 19.1. The Kier molecular flexibility index (Phi) is 4.54. The SMILES string of the molecule is NC(=O)CC(N)C(=O)Nc1cc(F)ccc1C(=O)O. The zero-order valence-electron chi connectivity index (χ0n) is 9.72. The lowest BCUT2D eigenvalue weighted by atomic mass is 10.1. The third-order valence-corrected chi connectivity index (χ3v) is 2.23. The Hall–Kier alpha value is -2.48. The van der Waals surface area contributed by atoms with Gasteiger partial charge in [-0.05, 0) is 18.2 Å². The van der Waals surface area contributed by atoms with Crippen LogP contribution in [0.2, 0.25) is 0 Å². The van der Waals surface area contributed by atoms with Gasteiger partial charge in [0, 0.05) is 0 Å². The number of carbonyl (C=O) groups excluding carboxylic acids is 2. The molecule has 6 N–H and O–H groups in total. The van der Waals surface area contributed by atoms with Crippen molar-refractivity contribution in [1.29, 1.82) is 0 Å². The molecule has 0 heterocycles. The summed E-state index contributed by atoms with van der Waals surface area (Å²) in [5, 5.41) is 11.0. The van der Waals surface area contributed by atoms with Crippen molar-refractivity contribution in [3.63, 3.8) is 0 Å². The summed E-state index contributed by atoms with van der Waals surface area (Å²) in [4.78, 5) is 33.1.